The Balaban J connectivity index is 2.41. The summed E-state index contributed by atoms with van der Waals surface area (Å²) in [7, 11) is 1.94. The van der Waals surface area contributed by atoms with Crippen molar-refractivity contribution in [2.45, 2.75) is 25.6 Å². The Labute approximate surface area is 105 Å². The highest BCUT2D eigenvalue weighted by molar-refractivity contribution is 5.56. The summed E-state index contributed by atoms with van der Waals surface area (Å²) in [6.07, 6.45) is -3.44. The minimum atomic E-state index is -4.28. The van der Waals surface area contributed by atoms with E-state index in [0.29, 0.717) is 0 Å². The molecule has 0 aromatic heterocycles. The maximum Gasteiger partial charge on any atom is 0.416 e. The van der Waals surface area contributed by atoms with Crippen LogP contribution in [0.5, 0.6) is 0 Å². The summed E-state index contributed by atoms with van der Waals surface area (Å²) in [5, 5.41) is 3.16. The van der Waals surface area contributed by atoms with Crippen LogP contribution in [0.25, 0.3) is 0 Å². The molecule has 1 aliphatic heterocycles. The van der Waals surface area contributed by atoms with Crippen molar-refractivity contribution in [3.63, 3.8) is 0 Å². The van der Waals surface area contributed by atoms with Crippen molar-refractivity contribution in [2.75, 3.05) is 25.5 Å². The topological polar surface area (TPSA) is 15.3 Å². The molecule has 1 heterocycles. The molecule has 0 amide bonds. The van der Waals surface area contributed by atoms with Gasteiger partial charge in [0.15, 0.2) is 0 Å². The van der Waals surface area contributed by atoms with Gasteiger partial charge in [0.2, 0.25) is 0 Å². The van der Waals surface area contributed by atoms with Gasteiger partial charge in [-0.15, -0.1) is 0 Å². The highest BCUT2D eigenvalue weighted by Crippen LogP contribution is 2.38. The van der Waals surface area contributed by atoms with Crippen molar-refractivity contribution in [3.05, 3.63) is 29.3 Å². The van der Waals surface area contributed by atoms with E-state index >= 15 is 0 Å². The van der Waals surface area contributed by atoms with Crippen LogP contribution in [0.2, 0.25) is 0 Å². The van der Waals surface area contributed by atoms with E-state index in [9.17, 15) is 13.2 Å². The molecule has 0 radical (unpaired) electrons. The first-order chi connectivity index (χ1) is 8.43. The molecule has 18 heavy (non-hydrogen) atoms. The Morgan fingerprint density at radius 2 is 2.11 bits per heavy atom. The van der Waals surface area contributed by atoms with Gasteiger partial charge in [-0.1, -0.05) is 6.92 Å². The fourth-order valence-electron chi connectivity index (χ4n) is 2.35. The Morgan fingerprint density at radius 1 is 1.39 bits per heavy atom. The van der Waals surface area contributed by atoms with Crippen molar-refractivity contribution < 1.29 is 13.2 Å². The molecule has 0 saturated carbocycles. The van der Waals surface area contributed by atoms with Gasteiger partial charge < -0.3 is 5.32 Å². The van der Waals surface area contributed by atoms with E-state index < -0.39 is 11.7 Å². The second kappa shape index (κ2) is 4.80. The molecule has 0 bridgehead atoms. The molecular weight excluding hydrogens is 241 g/mol. The number of hydrogen-bond donors (Lipinski definition) is 1. The highest BCUT2D eigenvalue weighted by Gasteiger charge is 2.33. The summed E-state index contributed by atoms with van der Waals surface area (Å²) in [6.45, 7) is 3.63. The number of benzene rings is 1. The molecule has 1 aromatic carbocycles. The second-order valence-electron chi connectivity index (χ2n) is 4.60. The van der Waals surface area contributed by atoms with E-state index in [1.165, 1.54) is 12.1 Å². The Morgan fingerprint density at radius 3 is 2.72 bits per heavy atom. The molecule has 0 spiro atoms. The van der Waals surface area contributed by atoms with Crippen LogP contribution in [0.1, 0.15) is 30.5 Å². The minimum absolute atomic E-state index is 0.0635. The number of alkyl halides is 3. The molecule has 2 rings (SSSR count). The molecule has 0 aliphatic carbocycles. The van der Waals surface area contributed by atoms with Gasteiger partial charge in [0.05, 0.1) is 5.56 Å². The lowest BCUT2D eigenvalue weighted by Crippen LogP contribution is -2.30. The summed E-state index contributed by atoms with van der Waals surface area (Å²) < 4.78 is 38.2. The molecule has 2 nitrogen and oxygen atoms in total. The van der Waals surface area contributed by atoms with Crippen LogP contribution in [0.4, 0.5) is 18.9 Å². The van der Waals surface area contributed by atoms with Gasteiger partial charge >= 0.3 is 6.18 Å². The van der Waals surface area contributed by atoms with Crippen LogP contribution in [-0.2, 0) is 6.18 Å². The van der Waals surface area contributed by atoms with Gasteiger partial charge in [0.25, 0.3) is 0 Å². The van der Waals surface area contributed by atoms with Gasteiger partial charge in [0, 0.05) is 18.3 Å². The number of rotatable bonds is 2. The van der Waals surface area contributed by atoms with Crippen LogP contribution in [0, 0.1) is 0 Å². The Hall–Kier alpha value is -1.23. The maximum absolute atomic E-state index is 12.7. The molecule has 0 saturated heterocycles. The summed E-state index contributed by atoms with van der Waals surface area (Å²) in [4.78, 5) is 2.08. The van der Waals surface area contributed by atoms with E-state index in [-0.39, 0.29) is 6.04 Å². The van der Waals surface area contributed by atoms with Crippen LogP contribution < -0.4 is 5.32 Å². The lowest BCUT2D eigenvalue weighted by Gasteiger charge is -2.33. The number of nitrogens with one attached hydrogen (secondary N) is 1. The fraction of sp³-hybridized carbons (Fsp3) is 0.538. The number of hydrogen-bond acceptors (Lipinski definition) is 2. The SMILES string of the molecule is CCN(C)C1CCNc2ccc(C(F)(F)F)cc21. The predicted octanol–water partition coefficient (Wildman–Crippen LogP) is 3.51. The summed E-state index contributed by atoms with van der Waals surface area (Å²) in [5.74, 6) is 0. The normalized spacial score (nSPS) is 19.6. The first-order valence-corrected chi connectivity index (χ1v) is 6.08. The van der Waals surface area contributed by atoms with Crippen LogP contribution >= 0.6 is 0 Å². The zero-order valence-corrected chi connectivity index (χ0v) is 10.5. The fourth-order valence-corrected chi connectivity index (χ4v) is 2.35. The quantitative estimate of drug-likeness (QED) is 0.873. The zero-order chi connectivity index (χ0) is 13.3. The van der Waals surface area contributed by atoms with Gasteiger partial charge in [0.1, 0.15) is 0 Å². The molecule has 0 fully saturated rings. The summed E-state index contributed by atoms with van der Waals surface area (Å²) in [5.41, 5.74) is 0.999. The highest BCUT2D eigenvalue weighted by atomic mass is 19.4. The summed E-state index contributed by atoms with van der Waals surface area (Å²) >= 11 is 0. The standard InChI is InChI=1S/C13H17F3N2/c1-3-18(2)12-6-7-17-11-5-4-9(8-10(11)12)13(14,15)16/h4-5,8,12,17H,3,6-7H2,1-2H3. The molecule has 1 atom stereocenters. The molecule has 1 unspecified atom stereocenters. The minimum Gasteiger partial charge on any atom is -0.385 e. The van der Waals surface area contributed by atoms with E-state index in [4.69, 9.17) is 0 Å². The third-order valence-electron chi connectivity index (χ3n) is 3.50. The van der Waals surface area contributed by atoms with Crippen molar-refractivity contribution in [1.29, 1.82) is 0 Å². The number of fused-ring (bicyclic) bond motifs is 1. The smallest absolute Gasteiger partial charge is 0.385 e. The molecule has 1 aromatic rings. The van der Waals surface area contributed by atoms with Crippen molar-refractivity contribution in [1.82, 2.24) is 4.90 Å². The predicted molar refractivity (Wildman–Crippen MR) is 65.6 cm³/mol. The van der Waals surface area contributed by atoms with E-state index in [1.807, 2.05) is 14.0 Å². The average Bonchev–Trinajstić information content (AvgIpc) is 2.35. The van der Waals surface area contributed by atoms with E-state index in [0.717, 1.165) is 36.8 Å². The number of halogens is 3. The largest absolute Gasteiger partial charge is 0.416 e. The Kier molecular flexibility index (Phi) is 3.52. The van der Waals surface area contributed by atoms with Crippen molar-refractivity contribution in [2.24, 2.45) is 0 Å². The average molecular weight is 258 g/mol. The van der Waals surface area contributed by atoms with Gasteiger partial charge in [-0.2, -0.15) is 13.2 Å². The van der Waals surface area contributed by atoms with Crippen LogP contribution in [-0.4, -0.2) is 25.0 Å². The van der Waals surface area contributed by atoms with Crippen molar-refractivity contribution >= 4 is 5.69 Å². The monoisotopic (exact) mass is 258 g/mol. The number of nitrogens with zero attached hydrogens (tertiary/aromatic N) is 1. The lowest BCUT2D eigenvalue weighted by atomic mass is 9.94. The van der Waals surface area contributed by atoms with Gasteiger partial charge in [-0.3, -0.25) is 4.90 Å². The first kappa shape index (κ1) is 13.2. The van der Waals surface area contributed by atoms with E-state index in [2.05, 4.69) is 10.2 Å². The third-order valence-corrected chi connectivity index (χ3v) is 3.50. The van der Waals surface area contributed by atoms with E-state index in [1.54, 1.807) is 0 Å². The first-order valence-electron chi connectivity index (χ1n) is 6.08. The molecule has 5 heteroatoms. The number of anilines is 1. The van der Waals surface area contributed by atoms with Crippen LogP contribution in [0.15, 0.2) is 18.2 Å². The second-order valence-corrected chi connectivity index (χ2v) is 4.60. The molecule has 100 valence electrons. The van der Waals surface area contributed by atoms with Gasteiger partial charge in [-0.25, -0.2) is 0 Å². The molecule has 1 N–H and O–H groups in total. The Bertz CT molecular complexity index is 429. The zero-order valence-electron chi connectivity index (χ0n) is 10.5. The molecule has 1 aliphatic rings. The van der Waals surface area contributed by atoms with Gasteiger partial charge in [-0.05, 0) is 43.8 Å². The lowest BCUT2D eigenvalue weighted by molar-refractivity contribution is -0.137. The summed E-state index contributed by atoms with van der Waals surface area (Å²) in [6, 6.07) is 4.01. The molecular formula is C13H17F3N2. The maximum atomic E-state index is 12.7. The third kappa shape index (κ3) is 2.46. The van der Waals surface area contributed by atoms with Crippen LogP contribution in [0.3, 0.4) is 0 Å². The van der Waals surface area contributed by atoms with Crippen molar-refractivity contribution in [3.8, 4) is 0 Å².